The molecule has 5 heteroatoms. The van der Waals surface area contributed by atoms with Crippen molar-refractivity contribution in [3.8, 4) is 0 Å². The summed E-state index contributed by atoms with van der Waals surface area (Å²) in [4.78, 5) is 29.3. The van der Waals surface area contributed by atoms with Crippen LogP contribution in [-0.2, 0) is 11.3 Å². The molecule has 1 unspecified atom stereocenters. The van der Waals surface area contributed by atoms with E-state index in [1.807, 2.05) is 36.4 Å². The average molecular weight is 432 g/mol. The molecule has 1 atom stereocenters. The van der Waals surface area contributed by atoms with Crippen molar-refractivity contribution in [2.75, 3.05) is 11.4 Å². The first kappa shape index (κ1) is 22.1. The second-order valence-electron chi connectivity index (χ2n) is 9.70. The molecule has 168 valence electrons. The molecule has 2 aliphatic heterocycles. The normalized spacial score (nSPS) is 21.2. The number of carbonyl (C=O) groups excluding carboxylic acids is 2. The van der Waals surface area contributed by atoms with Crippen molar-refractivity contribution in [2.24, 2.45) is 0 Å². The molecule has 1 fully saturated rings. The number of imide groups is 1. The van der Waals surface area contributed by atoms with Crippen molar-refractivity contribution < 1.29 is 9.59 Å². The van der Waals surface area contributed by atoms with Crippen molar-refractivity contribution >= 4 is 23.7 Å². The summed E-state index contributed by atoms with van der Waals surface area (Å²) in [6.45, 7) is 12.5. The smallest absolute Gasteiger partial charge is 0.329 e. The third-order valence-corrected chi connectivity index (χ3v) is 6.67. The summed E-state index contributed by atoms with van der Waals surface area (Å²) in [7, 11) is 0. The molecule has 2 aromatic carbocycles. The van der Waals surface area contributed by atoms with Gasteiger partial charge in [-0.25, -0.2) is 4.79 Å². The largest absolute Gasteiger partial charge is 0.366 e. The Kier molecular flexibility index (Phi) is 5.85. The van der Waals surface area contributed by atoms with Crippen LogP contribution >= 0.6 is 0 Å². The number of anilines is 1. The lowest BCUT2D eigenvalue weighted by molar-refractivity contribution is -0.123. The summed E-state index contributed by atoms with van der Waals surface area (Å²) in [6.07, 6.45) is 4.01. The maximum atomic E-state index is 13.0. The van der Waals surface area contributed by atoms with Crippen molar-refractivity contribution in [3.05, 3.63) is 70.4 Å². The van der Waals surface area contributed by atoms with E-state index in [1.165, 1.54) is 16.2 Å². The van der Waals surface area contributed by atoms with E-state index < -0.39 is 0 Å². The Hall–Kier alpha value is -3.08. The highest BCUT2D eigenvalue weighted by Crippen LogP contribution is 2.44. The van der Waals surface area contributed by atoms with E-state index in [0.717, 1.165) is 36.1 Å². The minimum Gasteiger partial charge on any atom is -0.366 e. The number of hydrogen-bond donors (Lipinski definition) is 1. The lowest BCUT2D eigenvalue weighted by atomic mass is 9.79. The summed E-state index contributed by atoms with van der Waals surface area (Å²) in [5.74, 6) is 0.145. The van der Waals surface area contributed by atoms with Gasteiger partial charge in [-0.15, -0.1) is 0 Å². The number of rotatable bonds is 5. The molecule has 32 heavy (non-hydrogen) atoms. The molecular formula is C27H33N3O2. The van der Waals surface area contributed by atoms with Gasteiger partial charge in [0, 0.05) is 17.8 Å². The highest BCUT2D eigenvalue weighted by Gasteiger charge is 2.37. The second-order valence-corrected chi connectivity index (χ2v) is 9.70. The first-order chi connectivity index (χ1) is 15.2. The molecule has 2 aliphatic rings. The molecule has 0 bridgehead atoms. The van der Waals surface area contributed by atoms with E-state index in [-0.39, 0.29) is 24.0 Å². The predicted molar refractivity (Wildman–Crippen MR) is 129 cm³/mol. The molecule has 1 N–H and O–H groups in total. The quantitative estimate of drug-likeness (QED) is 0.496. The molecule has 0 radical (unpaired) electrons. The van der Waals surface area contributed by atoms with E-state index in [4.69, 9.17) is 0 Å². The number of fused-ring (bicyclic) bond motifs is 1. The topological polar surface area (TPSA) is 52.7 Å². The van der Waals surface area contributed by atoms with Gasteiger partial charge in [-0.3, -0.25) is 9.69 Å². The Labute approximate surface area is 191 Å². The number of nitrogens with zero attached hydrogens (tertiary/aromatic N) is 2. The number of hydrogen-bond acceptors (Lipinski definition) is 3. The van der Waals surface area contributed by atoms with Crippen LogP contribution in [0.1, 0.15) is 68.7 Å². The molecule has 5 nitrogen and oxygen atoms in total. The maximum Gasteiger partial charge on any atom is 0.329 e. The van der Waals surface area contributed by atoms with E-state index in [1.54, 1.807) is 0 Å². The Bertz CT molecular complexity index is 1070. The first-order valence-corrected chi connectivity index (χ1v) is 11.5. The van der Waals surface area contributed by atoms with E-state index >= 15 is 0 Å². The Morgan fingerprint density at radius 3 is 2.56 bits per heavy atom. The molecule has 2 heterocycles. The maximum absolute atomic E-state index is 13.0. The fourth-order valence-electron chi connectivity index (χ4n) is 5.09. The fraction of sp³-hybridized carbons (Fsp3) is 0.407. The van der Waals surface area contributed by atoms with Crippen LogP contribution in [0.15, 0.2) is 48.2 Å². The summed E-state index contributed by atoms with van der Waals surface area (Å²) >= 11 is 0. The lowest BCUT2D eigenvalue weighted by Crippen LogP contribution is -2.48. The summed E-state index contributed by atoms with van der Waals surface area (Å²) in [5, 5.41) is 2.77. The van der Waals surface area contributed by atoms with Gasteiger partial charge in [-0.05, 0) is 80.0 Å². The zero-order valence-electron chi connectivity index (χ0n) is 19.7. The molecule has 0 saturated carbocycles. The molecule has 2 aromatic rings. The van der Waals surface area contributed by atoms with Gasteiger partial charge in [0.1, 0.15) is 5.70 Å². The minimum absolute atomic E-state index is 0.113. The Morgan fingerprint density at radius 2 is 1.88 bits per heavy atom. The number of amides is 3. The van der Waals surface area contributed by atoms with Crippen molar-refractivity contribution in [1.82, 2.24) is 10.2 Å². The molecule has 0 aromatic heterocycles. The van der Waals surface area contributed by atoms with Crippen molar-refractivity contribution in [2.45, 2.75) is 65.5 Å². The third-order valence-electron chi connectivity index (χ3n) is 6.67. The van der Waals surface area contributed by atoms with Crippen LogP contribution in [-0.4, -0.2) is 28.9 Å². The van der Waals surface area contributed by atoms with Gasteiger partial charge >= 0.3 is 6.03 Å². The number of nitrogens with one attached hydrogen (secondary N) is 1. The van der Waals surface area contributed by atoms with Crippen LogP contribution in [0.5, 0.6) is 0 Å². The lowest BCUT2D eigenvalue weighted by Gasteiger charge is -2.48. The number of aryl methyl sites for hydroxylation is 1. The highest BCUT2D eigenvalue weighted by atomic mass is 16.2. The van der Waals surface area contributed by atoms with Gasteiger partial charge in [-0.2, -0.15) is 0 Å². The number of benzene rings is 2. The molecule has 1 saturated heterocycles. The fourth-order valence-corrected chi connectivity index (χ4v) is 5.09. The van der Waals surface area contributed by atoms with Crippen LogP contribution in [0.3, 0.4) is 0 Å². The van der Waals surface area contributed by atoms with Crippen molar-refractivity contribution in [3.63, 3.8) is 0 Å². The molecule has 4 rings (SSSR count). The van der Waals surface area contributed by atoms with Crippen LogP contribution < -0.4 is 10.2 Å². The Balaban J connectivity index is 1.66. The number of carbonyl (C=O) groups is 2. The van der Waals surface area contributed by atoms with Crippen LogP contribution in [0.25, 0.3) is 6.08 Å². The SMILES string of the molecule is CCCN1c2cc(C)c(/C=C3/NC(=O)N(Cc4ccccc4)C3=O)cc2C(C)CC1(C)C. The zero-order valence-corrected chi connectivity index (χ0v) is 19.7. The second kappa shape index (κ2) is 8.45. The number of urea groups is 1. The van der Waals surface area contributed by atoms with E-state index in [9.17, 15) is 9.59 Å². The van der Waals surface area contributed by atoms with Crippen LogP contribution in [0.2, 0.25) is 0 Å². The van der Waals surface area contributed by atoms with Crippen LogP contribution in [0, 0.1) is 6.92 Å². The average Bonchev–Trinajstić information content (AvgIpc) is 3.00. The first-order valence-electron chi connectivity index (χ1n) is 11.5. The predicted octanol–water partition coefficient (Wildman–Crippen LogP) is 5.59. The summed E-state index contributed by atoms with van der Waals surface area (Å²) < 4.78 is 0. The summed E-state index contributed by atoms with van der Waals surface area (Å²) in [6, 6.07) is 13.7. The van der Waals surface area contributed by atoms with Crippen molar-refractivity contribution in [1.29, 1.82) is 0 Å². The van der Waals surface area contributed by atoms with Crippen LogP contribution in [0.4, 0.5) is 10.5 Å². The van der Waals surface area contributed by atoms with Gasteiger partial charge < -0.3 is 10.2 Å². The van der Waals surface area contributed by atoms with Gasteiger partial charge in [0.2, 0.25) is 0 Å². The standard InChI is InChI=1S/C27H33N3O2/c1-6-12-30-24-13-18(2)21(14-22(24)19(3)16-27(30,4)5)15-23-25(31)29(26(32)28-23)17-20-10-8-7-9-11-20/h7-11,13-15,19H,6,12,16-17H2,1-5H3,(H,28,32)/b23-15+. The van der Waals surface area contributed by atoms with E-state index in [0.29, 0.717) is 11.6 Å². The summed E-state index contributed by atoms with van der Waals surface area (Å²) in [5.41, 5.74) is 6.07. The molecule has 0 aliphatic carbocycles. The molecule has 3 amide bonds. The van der Waals surface area contributed by atoms with Gasteiger partial charge in [0.25, 0.3) is 5.91 Å². The molecule has 0 spiro atoms. The third kappa shape index (κ3) is 4.04. The molecular weight excluding hydrogens is 398 g/mol. The van der Waals surface area contributed by atoms with Gasteiger partial charge in [0.15, 0.2) is 0 Å². The van der Waals surface area contributed by atoms with Gasteiger partial charge in [0.05, 0.1) is 6.54 Å². The highest BCUT2D eigenvalue weighted by molar-refractivity contribution is 6.14. The zero-order chi connectivity index (χ0) is 23.0. The van der Waals surface area contributed by atoms with E-state index in [2.05, 4.69) is 57.0 Å². The minimum atomic E-state index is -0.370. The van der Waals surface area contributed by atoms with Gasteiger partial charge in [-0.1, -0.05) is 44.2 Å². The Morgan fingerprint density at radius 1 is 1.16 bits per heavy atom. The monoisotopic (exact) mass is 431 g/mol.